The fourth-order valence-corrected chi connectivity index (χ4v) is 3.38. The third-order valence-electron chi connectivity index (χ3n) is 4.89. The summed E-state index contributed by atoms with van der Waals surface area (Å²) in [7, 11) is 0. The highest BCUT2D eigenvalue weighted by molar-refractivity contribution is 6.30. The van der Waals surface area contributed by atoms with Crippen molar-refractivity contribution in [3.05, 3.63) is 87.8 Å². The second-order valence-electron chi connectivity index (χ2n) is 6.69. The maximum Gasteiger partial charge on any atom is 0.237 e. The number of para-hydroxylation sites is 1. The van der Waals surface area contributed by atoms with Gasteiger partial charge in [-0.25, -0.2) is 4.99 Å². The molecule has 0 saturated carbocycles. The topological polar surface area (TPSA) is 54.2 Å². The maximum absolute atomic E-state index is 9.37. The minimum absolute atomic E-state index is 0.354. The van der Waals surface area contributed by atoms with Gasteiger partial charge >= 0.3 is 0 Å². The second kappa shape index (κ2) is 7.38. The molecule has 0 radical (unpaired) electrons. The van der Waals surface area contributed by atoms with Gasteiger partial charge in [0.1, 0.15) is 17.4 Å². The summed E-state index contributed by atoms with van der Waals surface area (Å²) in [4.78, 5) is 4.47. The number of nitrogens with zero attached hydrogens (tertiary/aromatic N) is 3. The fourth-order valence-electron chi connectivity index (χ4n) is 3.26. The van der Waals surface area contributed by atoms with Gasteiger partial charge in [-0.05, 0) is 37.6 Å². The SMILES string of the molecule is Cc1oc(N=Cc2cn(Cc3ccc(Cl)cc3)c3ccccc23)c(C#N)c1C. The van der Waals surface area contributed by atoms with E-state index in [0.717, 1.165) is 39.2 Å². The van der Waals surface area contributed by atoms with E-state index in [2.05, 4.69) is 34.0 Å². The lowest BCUT2D eigenvalue weighted by molar-refractivity contribution is 0.542. The summed E-state index contributed by atoms with van der Waals surface area (Å²) in [6.07, 6.45) is 3.83. The summed E-state index contributed by atoms with van der Waals surface area (Å²) >= 11 is 5.99. The Bertz CT molecular complexity index is 1220. The van der Waals surface area contributed by atoms with E-state index in [4.69, 9.17) is 16.0 Å². The van der Waals surface area contributed by atoms with E-state index in [-0.39, 0.29) is 0 Å². The summed E-state index contributed by atoms with van der Waals surface area (Å²) in [6.45, 7) is 4.44. The number of furan rings is 1. The molecule has 0 bridgehead atoms. The maximum atomic E-state index is 9.37. The molecular formula is C23H18ClN3O. The molecule has 4 aromatic rings. The Kier molecular flexibility index (Phi) is 4.77. The van der Waals surface area contributed by atoms with Crippen molar-refractivity contribution < 1.29 is 4.42 Å². The zero-order valence-electron chi connectivity index (χ0n) is 15.6. The molecule has 0 saturated heterocycles. The first-order chi connectivity index (χ1) is 13.6. The Morgan fingerprint density at radius 3 is 2.64 bits per heavy atom. The standard InChI is InChI=1S/C23H18ClN3O/c1-15-16(2)28-23(21(15)11-25)26-12-18-14-27(22-6-4-3-5-20(18)22)13-17-7-9-19(24)10-8-17/h3-10,12,14H,13H2,1-2H3. The molecule has 138 valence electrons. The van der Waals surface area contributed by atoms with E-state index in [1.54, 1.807) is 6.21 Å². The molecule has 5 heteroatoms. The average molecular weight is 388 g/mol. The van der Waals surface area contributed by atoms with E-state index in [1.165, 1.54) is 0 Å². The molecule has 0 N–H and O–H groups in total. The summed E-state index contributed by atoms with van der Waals surface area (Å²) < 4.78 is 7.83. The van der Waals surface area contributed by atoms with Crippen molar-refractivity contribution in [1.29, 1.82) is 5.26 Å². The highest BCUT2D eigenvalue weighted by atomic mass is 35.5. The lowest BCUT2D eigenvalue weighted by Crippen LogP contribution is -1.97. The Balaban J connectivity index is 1.73. The largest absolute Gasteiger partial charge is 0.442 e. The van der Waals surface area contributed by atoms with Crippen LogP contribution in [-0.2, 0) is 6.54 Å². The fraction of sp³-hybridized carbons (Fsp3) is 0.130. The number of rotatable bonds is 4. The summed E-state index contributed by atoms with van der Waals surface area (Å²) in [5, 5.41) is 11.2. The van der Waals surface area contributed by atoms with Crippen LogP contribution >= 0.6 is 11.6 Å². The number of hydrogen-bond acceptors (Lipinski definition) is 3. The van der Waals surface area contributed by atoms with Crippen LogP contribution in [0.2, 0.25) is 5.02 Å². The molecular weight excluding hydrogens is 370 g/mol. The van der Waals surface area contributed by atoms with Gasteiger partial charge in [0.15, 0.2) is 0 Å². The van der Waals surface area contributed by atoms with Crippen LogP contribution in [0.3, 0.4) is 0 Å². The first-order valence-electron chi connectivity index (χ1n) is 8.93. The number of aryl methyl sites for hydroxylation is 1. The molecule has 2 heterocycles. The normalized spacial score (nSPS) is 11.4. The highest BCUT2D eigenvalue weighted by Gasteiger charge is 2.13. The Labute approximate surface area is 168 Å². The molecule has 2 aromatic carbocycles. The molecule has 0 atom stereocenters. The minimum Gasteiger partial charge on any atom is -0.442 e. The van der Waals surface area contributed by atoms with E-state index < -0.39 is 0 Å². The van der Waals surface area contributed by atoms with Gasteiger partial charge in [-0.15, -0.1) is 0 Å². The van der Waals surface area contributed by atoms with Crippen molar-refractivity contribution in [1.82, 2.24) is 4.57 Å². The molecule has 0 spiro atoms. The molecule has 4 nitrogen and oxygen atoms in total. The monoisotopic (exact) mass is 387 g/mol. The molecule has 0 aliphatic heterocycles. The van der Waals surface area contributed by atoms with Crippen LogP contribution in [0.25, 0.3) is 10.9 Å². The summed E-state index contributed by atoms with van der Waals surface area (Å²) in [5.74, 6) is 1.07. The van der Waals surface area contributed by atoms with Crippen LogP contribution in [0.5, 0.6) is 0 Å². The zero-order chi connectivity index (χ0) is 19.7. The van der Waals surface area contributed by atoms with Gasteiger partial charge < -0.3 is 8.98 Å². The average Bonchev–Trinajstić information content (AvgIpc) is 3.19. The van der Waals surface area contributed by atoms with Crippen LogP contribution in [0.15, 0.2) is 64.1 Å². The Morgan fingerprint density at radius 2 is 1.89 bits per heavy atom. The molecule has 4 rings (SSSR count). The van der Waals surface area contributed by atoms with Crippen LogP contribution in [0.4, 0.5) is 5.88 Å². The number of aromatic nitrogens is 1. The van der Waals surface area contributed by atoms with E-state index >= 15 is 0 Å². The molecule has 0 unspecified atom stereocenters. The van der Waals surface area contributed by atoms with Gasteiger partial charge in [0.05, 0.1) is 0 Å². The van der Waals surface area contributed by atoms with Crippen molar-refractivity contribution in [2.45, 2.75) is 20.4 Å². The number of aliphatic imine (C=N–C) groups is 1. The van der Waals surface area contributed by atoms with Crippen molar-refractivity contribution in [3.8, 4) is 6.07 Å². The van der Waals surface area contributed by atoms with Crippen molar-refractivity contribution in [3.63, 3.8) is 0 Å². The third kappa shape index (κ3) is 3.33. The van der Waals surface area contributed by atoms with E-state index in [0.29, 0.717) is 17.2 Å². The van der Waals surface area contributed by atoms with Gasteiger partial charge in [-0.3, -0.25) is 0 Å². The second-order valence-corrected chi connectivity index (χ2v) is 7.13. The number of halogens is 1. The van der Waals surface area contributed by atoms with Gasteiger partial charge in [0.25, 0.3) is 0 Å². The third-order valence-corrected chi connectivity index (χ3v) is 5.14. The molecule has 2 aromatic heterocycles. The summed E-state index contributed by atoms with van der Waals surface area (Å²) in [6, 6.07) is 18.2. The predicted molar refractivity (Wildman–Crippen MR) is 113 cm³/mol. The molecule has 0 aliphatic carbocycles. The predicted octanol–water partition coefficient (Wildman–Crippen LogP) is 6.18. The molecule has 0 amide bonds. The Morgan fingerprint density at radius 1 is 1.14 bits per heavy atom. The number of hydrogen-bond donors (Lipinski definition) is 0. The first kappa shape index (κ1) is 18.1. The van der Waals surface area contributed by atoms with Gasteiger partial charge in [-0.2, -0.15) is 5.26 Å². The molecule has 0 fully saturated rings. The lowest BCUT2D eigenvalue weighted by Gasteiger charge is -2.05. The van der Waals surface area contributed by atoms with Crippen molar-refractivity contribution in [2.24, 2.45) is 4.99 Å². The highest BCUT2D eigenvalue weighted by Crippen LogP contribution is 2.28. The minimum atomic E-state index is 0.354. The van der Waals surface area contributed by atoms with Crippen LogP contribution in [0, 0.1) is 25.2 Å². The molecule has 0 aliphatic rings. The zero-order valence-corrected chi connectivity index (χ0v) is 16.4. The van der Waals surface area contributed by atoms with Crippen molar-refractivity contribution >= 4 is 34.6 Å². The first-order valence-corrected chi connectivity index (χ1v) is 9.31. The quantitative estimate of drug-likeness (QED) is 0.393. The lowest BCUT2D eigenvalue weighted by atomic mass is 10.2. The van der Waals surface area contributed by atoms with Gasteiger partial charge in [0.2, 0.25) is 5.88 Å². The van der Waals surface area contributed by atoms with E-state index in [9.17, 15) is 5.26 Å². The number of benzene rings is 2. The van der Waals surface area contributed by atoms with Crippen LogP contribution in [-0.4, -0.2) is 10.8 Å². The van der Waals surface area contributed by atoms with Gasteiger partial charge in [0, 0.05) is 46.0 Å². The van der Waals surface area contributed by atoms with Crippen LogP contribution in [0.1, 0.15) is 28.0 Å². The smallest absolute Gasteiger partial charge is 0.237 e. The Hall–Kier alpha value is -3.29. The summed E-state index contributed by atoms with van der Waals surface area (Å²) in [5.41, 5.74) is 4.57. The van der Waals surface area contributed by atoms with Crippen molar-refractivity contribution in [2.75, 3.05) is 0 Å². The number of fused-ring (bicyclic) bond motifs is 1. The van der Waals surface area contributed by atoms with Crippen LogP contribution < -0.4 is 0 Å². The van der Waals surface area contributed by atoms with Gasteiger partial charge in [-0.1, -0.05) is 41.9 Å². The number of nitriles is 1. The van der Waals surface area contributed by atoms with E-state index in [1.807, 2.05) is 50.2 Å². The molecule has 28 heavy (non-hydrogen) atoms.